The van der Waals surface area contributed by atoms with E-state index in [1.807, 2.05) is 0 Å². The molecule has 72 valence electrons. The summed E-state index contributed by atoms with van der Waals surface area (Å²) in [5.41, 5.74) is 0.283. The van der Waals surface area contributed by atoms with Crippen molar-refractivity contribution < 1.29 is 13.2 Å². The van der Waals surface area contributed by atoms with Gasteiger partial charge in [-0.25, -0.2) is 13.4 Å². The van der Waals surface area contributed by atoms with Crippen LogP contribution >= 0.6 is 0 Å². The number of carbonyl (C=O) groups is 1. The summed E-state index contributed by atoms with van der Waals surface area (Å²) in [7, 11) is -3.16. The van der Waals surface area contributed by atoms with Gasteiger partial charge < -0.3 is 4.98 Å². The first-order valence-corrected chi connectivity index (χ1v) is 5.59. The molecule has 0 saturated heterocycles. The molecule has 1 heterocycles. The van der Waals surface area contributed by atoms with E-state index >= 15 is 0 Å². The van der Waals surface area contributed by atoms with Gasteiger partial charge in [0.05, 0.1) is 11.9 Å². The second-order valence-corrected chi connectivity index (χ2v) is 5.18. The van der Waals surface area contributed by atoms with E-state index in [2.05, 4.69) is 9.97 Å². The highest BCUT2D eigenvalue weighted by atomic mass is 32.2. The Morgan fingerprint density at radius 2 is 2.23 bits per heavy atom. The number of aldehydes is 1. The van der Waals surface area contributed by atoms with Gasteiger partial charge in [0.1, 0.15) is 11.1 Å². The molecule has 13 heavy (non-hydrogen) atoms. The van der Waals surface area contributed by atoms with Crippen molar-refractivity contribution in [1.29, 1.82) is 0 Å². The summed E-state index contributed by atoms with van der Waals surface area (Å²) >= 11 is 0. The van der Waals surface area contributed by atoms with Gasteiger partial charge in [-0.15, -0.1) is 0 Å². The molecule has 0 amide bonds. The molecule has 0 saturated carbocycles. The third-order valence-corrected chi connectivity index (χ3v) is 3.28. The lowest BCUT2D eigenvalue weighted by Gasteiger charge is -2.04. The van der Waals surface area contributed by atoms with Gasteiger partial charge in [0.2, 0.25) is 0 Å². The third kappa shape index (κ3) is 2.15. The van der Waals surface area contributed by atoms with Gasteiger partial charge >= 0.3 is 0 Å². The van der Waals surface area contributed by atoms with E-state index in [1.165, 1.54) is 13.1 Å². The van der Waals surface area contributed by atoms with Crippen LogP contribution < -0.4 is 0 Å². The zero-order valence-corrected chi connectivity index (χ0v) is 8.13. The van der Waals surface area contributed by atoms with Crippen molar-refractivity contribution in [3.63, 3.8) is 0 Å². The predicted octanol–water partition coefficient (Wildman–Crippen LogP) is 0.328. The number of aromatic amines is 1. The van der Waals surface area contributed by atoms with E-state index in [9.17, 15) is 13.2 Å². The average Bonchev–Trinajstić information content (AvgIpc) is 2.48. The van der Waals surface area contributed by atoms with E-state index in [0.717, 1.165) is 6.26 Å². The normalized spacial score (nSPS) is 14.0. The maximum absolute atomic E-state index is 11.1. The quantitative estimate of drug-likeness (QED) is 0.716. The number of nitrogens with one attached hydrogen (secondary N) is 1. The molecule has 0 aliphatic heterocycles. The van der Waals surface area contributed by atoms with Gasteiger partial charge in [0.25, 0.3) is 0 Å². The van der Waals surface area contributed by atoms with Crippen LogP contribution in [0.4, 0.5) is 0 Å². The fourth-order valence-corrected chi connectivity index (χ4v) is 1.35. The van der Waals surface area contributed by atoms with Crippen LogP contribution in [-0.4, -0.2) is 30.9 Å². The largest absolute Gasteiger partial charge is 0.339 e. The molecule has 0 bridgehead atoms. The molecule has 0 aliphatic carbocycles. The molecular weight excluding hydrogens is 192 g/mol. The van der Waals surface area contributed by atoms with Crippen molar-refractivity contribution in [2.24, 2.45) is 0 Å². The van der Waals surface area contributed by atoms with Gasteiger partial charge in [-0.3, -0.25) is 4.79 Å². The highest BCUT2D eigenvalue weighted by Crippen LogP contribution is 2.16. The smallest absolute Gasteiger partial charge is 0.167 e. The van der Waals surface area contributed by atoms with Gasteiger partial charge in [0.15, 0.2) is 16.1 Å². The van der Waals surface area contributed by atoms with Crippen LogP contribution in [-0.2, 0) is 9.84 Å². The summed E-state index contributed by atoms with van der Waals surface area (Å²) in [6, 6.07) is 0. The Hall–Kier alpha value is -1.17. The number of nitrogens with zero attached hydrogens (tertiary/aromatic N) is 1. The molecule has 0 fully saturated rings. The van der Waals surface area contributed by atoms with Crippen LogP contribution in [0.2, 0.25) is 0 Å². The lowest BCUT2D eigenvalue weighted by Crippen LogP contribution is -2.09. The summed E-state index contributed by atoms with van der Waals surface area (Å²) < 4.78 is 22.2. The van der Waals surface area contributed by atoms with E-state index in [0.29, 0.717) is 12.1 Å². The molecule has 0 aromatic carbocycles. The number of H-pyrrole nitrogens is 1. The second-order valence-electron chi connectivity index (χ2n) is 2.81. The number of imidazole rings is 1. The van der Waals surface area contributed by atoms with Crippen LogP contribution in [0.3, 0.4) is 0 Å². The highest BCUT2D eigenvalue weighted by Gasteiger charge is 2.19. The Morgan fingerprint density at radius 1 is 1.62 bits per heavy atom. The first kappa shape index (κ1) is 9.91. The predicted molar refractivity (Wildman–Crippen MR) is 47.2 cm³/mol. The van der Waals surface area contributed by atoms with E-state index in [-0.39, 0.29) is 5.69 Å². The lowest BCUT2D eigenvalue weighted by molar-refractivity contribution is 0.111. The van der Waals surface area contributed by atoms with E-state index in [4.69, 9.17) is 0 Å². The molecule has 1 atom stereocenters. The number of carbonyl (C=O) groups excluding carboxylic acids is 1. The van der Waals surface area contributed by atoms with E-state index < -0.39 is 15.1 Å². The second kappa shape index (κ2) is 3.29. The van der Waals surface area contributed by atoms with Crippen LogP contribution in [0.25, 0.3) is 0 Å². The van der Waals surface area contributed by atoms with Crippen LogP contribution in [0, 0.1) is 0 Å². The molecule has 1 unspecified atom stereocenters. The van der Waals surface area contributed by atoms with Crippen LogP contribution in [0.1, 0.15) is 28.5 Å². The Bertz CT molecular complexity index is 407. The number of hydrogen-bond acceptors (Lipinski definition) is 4. The monoisotopic (exact) mass is 202 g/mol. The first-order valence-electron chi connectivity index (χ1n) is 3.64. The summed E-state index contributed by atoms with van der Waals surface area (Å²) in [5, 5.41) is -0.707. The number of rotatable bonds is 3. The molecule has 1 rings (SSSR count). The van der Waals surface area contributed by atoms with Crippen molar-refractivity contribution in [1.82, 2.24) is 9.97 Å². The molecular formula is C7H10N2O3S. The van der Waals surface area contributed by atoms with Crippen molar-refractivity contribution in [3.8, 4) is 0 Å². The Kier molecular flexibility index (Phi) is 2.51. The summed E-state index contributed by atoms with van der Waals surface area (Å²) in [6.45, 7) is 1.52. The maximum Gasteiger partial charge on any atom is 0.167 e. The van der Waals surface area contributed by atoms with Gasteiger partial charge in [-0.1, -0.05) is 0 Å². The Morgan fingerprint density at radius 3 is 2.62 bits per heavy atom. The van der Waals surface area contributed by atoms with Crippen LogP contribution in [0.15, 0.2) is 6.20 Å². The molecule has 1 aromatic rings. The fourth-order valence-electron chi connectivity index (χ4n) is 0.821. The standard InChI is InChI=1S/C7H10N2O3S/c1-5(13(2,11)12)7-8-3-6(4-10)9-7/h3-5H,1-2H3,(H,8,9). The van der Waals surface area contributed by atoms with E-state index in [1.54, 1.807) is 0 Å². The molecule has 5 nitrogen and oxygen atoms in total. The van der Waals surface area contributed by atoms with Gasteiger partial charge in [-0.2, -0.15) is 0 Å². The van der Waals surface area contributed by atoms with Gasteiger partial charge in [-0.05, 0) is 6.92 Å². The molecule has 1 aromatic heterocycles. The first-order chi connectivity index (χ1) is 5.95. The summed E-state index contributed by atoms with van der Waals surface area (Å²) in [4.78, 5) is 16.7. The molecule has 1 N–H and O–H groups in total. The third-order valence-electron chi connectivity index (χ3n) is 1.77. The highest BCUT2D eigenvalue weighted by molar-refractivity contribution is 7.90. The Balaban J connectivity index is 3.02. The summed E-state index contributed by atoms with van der Waals surface area (Å²) in [5.74, 6) is 0.296. The number of hydrogen-bond donors (Lipinski definition) is 1. The molecule has 6 heteroatoms. The number of sulfone groups is 1. The minimum atomic E-state index is -3.16. The minimum absolute atomic E-state index is 0.283. The molecule has 0 aliphatic rings. The van der Waals surface area contributed by atoms with Crippen LogP contribution in [0.5, 0.6) is 0 Å². The zero-order valence-electron chi connectivity index (χ0n) is 7.31. The van der Waals surface area contributed by atoms with Crippen molar-refractivity contribution in [2.45, 2.75) is 12.2 Å². The van der Waals surface area contributed by atoms with Crippen molar-refractivity contribution >= 4 is 16.1 Å². The van der Waals surface area contributed by atoms with Crippen molar-refractivity contribution in [3.05, 3.63) is 17.7 Å². The maximum atomic E-state index is 11.1. The lowest BCUT2D eigenvalue weighted by atomic mass is 10.4. The average molecular weight is 202 g/mol. The van der Waals surface area contributed by atoms with Gasteiger partial charge in [0, 0.05) is 6.26 Å². The molecule has 0 spiro atoms. The fraction of sp³-hybridized carbons (Fsp3) is 0.429. The SMILES string of the molecule is CC(c1ncc(C=O)[nH]1)S(C)(=O)=O. The topological polar surface area (TPSA) is 79.9 Å². The zero-order chi connectivity index (χ0) is 10.1. The Labute approximate surface area is 76.1 Å². The minimum Gasteiger partial charge on any atom is -0.339 e. The molecule has 0 radical (unpaired) electrons. The number of aromatic nitrogens is 2. The summed E-state index contributed by atoms with van der Waals surface area (Å²) in [6.07, 6.45) is 3.02. The van der Waals surface area contributed by atoms with Crippen molar-refractivity contribution in [2.75, 3.05) is 6.26 Å².